The van der Waals surface area contributed by atoms with E-state index in [9.17, 15) is 19.2 Å². The Labute approximate surface area is 337 Å². The molecule has 2 aliphatic heterocycles. The summed E-state index contributed by atoms with van der Waals surface area (Å²) in [4.78, 5) is 50.7. The SMILES string of the molecule is COc1cccc(CN2C(=O)C=CC2=O)c1OC.COc1cccc(CN2C(=O)CC(c3cc(Cl)cc(Cl)c3)C2=O)c1OC.OB(O)c1cc(Cl)cc(Cl)c1. The first-order valence-electron chi connectivity index (χ1n) is 16.3. The summed E-state index contributed by atoms with van der Waals surface area (Å²) >= 11 is 23.2. The third kappa shape index (κ3) is 10.9. The smallest absolute Gasteiger partial charge is 0.488 e. The summed E-state index contributed by atoms with van der Waals surface area (Å²) in [6.45, 7) is 0.286. The number of halogens is 4. The van der Waals surface area contributed by atoms with Crippen LogP contribution in [0.1, 0.15) is 29.0 Å². The number of benzene rings is 4. The van der Waals surface area contributed by atoms with Crippen molar-refractivity contribution in [1.82, 2.24) is 9.80 Å². The van der Waals surface area contributed by atoms with E-state index in [1.165, 1.54) is 63.7 Å². The van der Waals surface area contributed by atoms with Crippen LogP contribution in [-0.4, -0.2) is 79.0 Å². The zero-order valence-corrected chi connectivity index (χ0v) is 32.9. The number of carbonyl (C=O) groups is 4. The van der Waals surface area contributed by atoms with Gasteiger partial charge in [-0.15, -0.1) is 0 Å². The van der Waals surface area contributed by atoms with Crippen molar-refractivity contribution in [3.05, 3.63) is 122 Å². The van der Waals surface area contributed by atoms with Crippen LogP contribution in [0.2, 0.25) is 20.1 Å². The lowest BCUT2D eigenvalue weighted by molar-refractivity contribution is -0.140. The van der Waals surface area contributed by atoms with Crippen molar-refractivity contribution >= 4 is 82.6 Å². The van der Waals surface area contributed by atoms with Crippen molar-refractivity contribution in [2.75, 3.05) is 28.4 Å². The zero-order valence-electron chi connectivity index (χ0n) is 29.9. The molecule has 17 heteroatoms. The first kappa shape index (κ1) is 43.0. The van der Waals surface area contributed by atoms with Crippen LogP contribution in [0.25, 0.3) is 0 Å². The molecule has 0 saturated carbocycles. The lowest BCUT2D eigenvalue weighted by Gasteiger charge is -2.18. The average molecular weight is 832 g/mol. The highest BCUT2D eigenvalue weighted by atomic mass is 35.5. The number of hydrogen-bond acceptors (Lipinski definition) is 10. The van der Waals surface area contributed by atoms with Gasteiger partial charge in [-0.2, -0.15) is 0 Å². The maximum atomic E-state index is 12.8. The fourth-order valence-corrected chi connectivity index (χ4v) is 6.78. The summed E-state index contributed by atoms with van der Waals surface area (Å²) in [6, 6.07) is 20.0. The molecule has 0 aliphatic carbocycles. The van der Waals surface area contributed by atoms with Gasteiger partial charge in [-0.25, -0.2) is 0 Å². The quantitative estimate of drug-likeness (QED) is 0.147. The molecule has 0 radical (unpaired) electrons. The molecule has 0 aromatic heterocycles. The van der Waals surface area contributed by atoms with E-state index in [4.69, 9.17) is 75.4 Å². The van der Waals surface area contributed by atoms with E-state index >= 15 is 0 Å². The summed E-state index contributed by atoms with van der Waals surface area (Å²) in [6.07, 6.45) is 2.60. The molecule has 6 rings (SSSR count). The number of methoxy groups -OCH3 is 4. The van der Waals surface area contributed by atoms with Crippen molar-refractivity contribution < 1.29 is 48.2 Å². The number of imide groups is 2. The summed E-state index contributed by atoms with van der Waals surface area (Å²) in [5.41, 5.74) is 2.35. The van der Waals surface area contributed by atoms with Crippen LogP contribution >= 0.6 is 46.4 Å². The Morgan fingerprint density at radius 2 is 1.07 bits per heavy atom. The van der Waals surface area contributed by atoms with Crippen LogP contribution in [0.3, 0.4) is 0 Å². The average Bonchev–Trinajstić information content (AvgIpc) is 3.62. The molecule has 2 aliphatic rings. The van der Waals surface area contributed by atoms with Crippen molar-refractivity contribution in [3.63, 3.8) is 0 Å². The first-order valence-corrected chi connectivity index (χ1v) is 17.8. The van der Waals surface area contributed by atoms with E-state index in [1.54, 1.807) is 54.6 Å². The van der Waals surface area contributed by atoms with E-state index in [-0.39, 0.29) is 43.1 Å². The summed E-state index contributed by atoms with van der Waals surface area (Å²) < 4.78 is 21.1. The normalized spacial score (nSPS) is 14.6. The van der Waals surface area contributed by atoms with Gasteiger partial charge in [-0.05, 0) is 59.6 Å². The third-order valence-electron chi connectivity index (χ3n) is 8.24. The van der Waals surface area contributed by atoms with Gasteiger partial charge in [-0.1, -0.05) is 70.7 Å². The minimum atomic E-state index is -1.52. The van der Waals surface area contributed by atoms with Gasteiger partial charge in [0.1, 0.15) is 0 Å². The van der Waals surface area contributed by atoms with Gasteiger partial charge < -0.3 is 29.0 Å². The predicted octanol–water partition coefficient (Wildman–Crippen LogP) is 5.86. The minimum Gasteiger partial charge on any atom is -0.493 e. The van der Waals surface area contributed by atoms with Crippen LogP contribution < -0.4 is 24.4 Å². The molecule has 2 heterocycles. The number of carbonyl (C=O) groups excluding carboxylic acids is 4. The van der Waals surface area contributed by atoms with Crippen LogP contribution in [0.5, 0.6) is 23.0 Å². The predicted molar refractivity (Wildman–Crippen MR) is 209 cm³/mol. The fraction of sp³-hybridized carbons (Fsp3) is 0.211. The van der Waals surface area contributed by atoms with Gasteiger partial charge in [0, 0.05) is 49.8 Å². The molecule has 2 N–H and O–H groups in total. The van der Waals surface area contributed by atoms with Gasteiger partial charge in [-0.3, -0.25) is 29.0 Å². The Bertz CT molecular complexity index is 2040. The Balaban J connectivity index is 0.000000201. The van der Waals surface area contributed by atoms with Crippen molar-refractivity contribution in [2.24, 2.45) is 0 Å². The number of amides is 4. The van der Waals surface area contributed by atoms with Gasteiger partial charge in [0.25, 0.3) is 11.8 Å². The molecule has 1 unspecified atom stereocenters. The fourth-order valence-electron chi connectivity index (χ4n) is 5.69. The second-order valence-electron chi connectivity index (χ2n) is 11.8. The third-order valence-corrected chi connectivity index (χ3v) is 9.11. The van der Waals surface area contributed by atoms with Crippen LogP contribution in [0, 0.1) is 0 Å². The van der Waals surface area contributed by atoms with Gasteiger partial charge >= 0.3 is 7.12 Å². The lowest BCUT2D eigenvalue weighted by Crippen LogP contribution is -2.30. The molecule has 0 bridgehead atoms. The highest BCUT2D eigenvalue weighted by Crippen LogP contribution is 2.37. The summed E-state index contributed by atoms with van der Waals surface area (Å²) in [5, 5.41) is 19.1. The maximum Gasteiger partial charge on any atom is 0.488 e. The lowest BCUT2D eigenvalue weighted by atomic mass is 9.80. The molecule has 288 valence electrons. The van der Waals surface area contributed by atoms with E-state index < -0.39 is 13.0 Å². The number of hydrogen-bond donors (Lipinski definition) is 2. The topological polar surface area (TPSA) is 152 Å². The molecule has 4 aromatic carbocycles. The van der Waals surface area contributed by atoms with Crippen LogP contribution in [0.15, 0.2) is 84.9 Å². The second-order valence-corrected chi connectivity index (χ2v) is 13.5. The molecule has 12 nitrogen and oxygen atoms in total. The monoisotopic (exact) mass is 830 g/mol. The number of likely N-dealkylation sites (tertiary alicyclic amines) is 1. The second kappa shape index (κ2) is 19.7. The first-order chi connectivity index (χ1) is 26.2. The number of ether oxygens (including phenoxy) is 4. The Hall–Kier alpha value is -4.76. The van der Waals surface area contributed by atoms with Crippen molar-refractivity contribution in [1.29, 1.82) is 0 Å². The largest absolute Gasteiger partial charge is 0.493 e. The molecule has 55 heavy (non-hydrogen) atoms. The molecular weight excluding hydrogens is 797 g/mol. The van der Waals surface area contributed by atoms with Gasteiger partial charge in [0.2, 0.25) is 11.8 Å². The Kier molecular flexibility index (Phi) is 15.4. The highest BCUT2D eigenvalue weighted by molar-refractivity contribution is 6.59. The van der Waals surface area contributed by atoms with E-state index in [0.29, 0.717) is 59.7 Å². The zero-order chi connectivity index (χ0) is 40.4. The molecule has 1 atom stereocenters. The minimum absolute atomic E-state index is 0.0851. The van der Waals surface area contributed by atoms with Gasteiger partial charge in [0.15, 0.2) is 23.0 Å². The highest BCUT2D eigenvalue weighted by Gasteiger charge is 2.40. The number of rotatable bonds is 10. The molecular formula is C38H35BCl4N2O10. The summed E-state index contributed by atoms with van der Waals surface area (Å²) in [7, 11) is 4.59. The maximum absolute atomic E-state index is 12.8. The molecule has 4 amide bonds. The van der Waals surface area contributed by atoms with Crippen LogP contribution in [-0.2, 0) is 32.3 Å². The number of nitrogens with zero attached hydrogens (tertiary/aromatic N) is 2. The van der Waals surface area contributed by atoms with Crippen molar-refractivity contribution in [2.45, 2.75) is 25.4 Å². The Morgan fingerprint density at radius 1 is 0.636 bits per heavy atom. The molecule has 0 spiro atoms. The number of para-hydroxylation sites is 2. The van der Waals surface area contributed by atoms with Crippen LogP contribution in [0.4, 0.5) is 0 Å². The molecule has 4 aromatic rings. The summed E-state index contributed by atoms with van der Waals surface area (Å²) in [5.74, 6) is 0.408. The molecule has 1 fully saturated rings. The van der Waals surface area contributed by atoms with Crippen molar-refractivity contribution in [3.8, 4) is 23.0 Å². The van der Waals surface area contributed by atoms with Gasteiger partial charge in [0.05, 0.1) is 47.4 Å². The van der Waals surface area contributed by atoms with E-state index in [1.807, 2.05) is 0 Å². The van der Waals surface area contributed by atoms with E-state index in [0.717, 1.165) is 10.5 Å². The standard InChI is InChI=1S/C19H17Cl2NO4.C13H13NO4.C6H5BCl2O2/c1-25-16-5-3-4-11(18(16)26-2)10-22-17(23)9-15(19(22)24)12-6-13(20)8-14(21)7-12;1-17-10-5-3-4-9(13(10)18-2)8-14-11(15)6-7-12(14)16;8-5-1-4(7(10)11)2-6(9)3-5/h3-8,15H,9-10H2,1-2H3;3-7H,8H2,1-2H3;1-3,10-11H. The molecule has 1 saturated heterocycles. The van der Waals surface area contributed by atoms with E-state index in [2.05, 4.69) is 0 Å². The Morgan fingerprint density at radius 3 is 1.49 bits per heavy atom.